The highest BCUT2D eigenvalue weighted by Gasteiger charge is 2.33. The molecule has 2 unspecified atom stereocenters. The highest BCUT2D eigenvalue weighted by molar-refractivity contribution is 4.88. The Labute approximate surface area is 118 Å². The van der Waals surface area contributed by atoms with Gasteiger partial charge in [0.05, 0.1) is 6.61 Å². The Morgan fingerprint density at radius 1 is 1.16 bits per heavy atom. The fourth-order valence-electron chi connectivity index (χ4n) is 3.88. The maximum Gasteiger partial charge on any atom is 0.0509 e. The maximum atomic E-state index is 6.15. The van der Waals surface area contributed by atoms with Gasteiger partial charge in [0.15, 0.2) is 0 Å². The Morgan fingerprint density at radius 3 is 2.42 bits per heavy atom. The van der Waals surface area contributed by atoms with Crippen LogP contribution in [0.5, 0.6) is 0 Å². The second kappa shape index (κ2) is 7.61. The van der Waals surface area contributed by atoms with E-state index in [4.69, 9.17) is 10.5 Å². The predicted molar refractivity (Wildman–Crippen MR) is 80.2 cm³/mol. The summed E-state index contributed by atoms with van der Waals surface area (Å²) in [5, 5.41) is 0. The second-order valence-electron chi connectivity index (χ2n) is 6.81. The van der Waals surface area contributed by atoms with E-state index in [-0.39, 0.29) is 0 Å². The summed E-state index contributed by atoms with van der Waals surface area (Å²) in [6.45, 7) is 8.50. The first-order valence-corrected chi connectivity index (χ1v) is 8.26. The lowest BCUT2D eigenvalue weighted by molar-refractivity contribution is -0.00434. The summed E-state index contributed by atoms with van der Waals surface area (Å²) in [7, 11) is 0. The molecule has 1 aliphatic heterocycles. The molecule has 2 fully saturated rings. The third-order valence-corrected chi connectivity index (χ3v) is 4.78. The zero-order valence-corrected chi connectivity index (χ0v) is 12.8. The van der Waals surface area contributed by atoms with E-state index in [1.165, 1.54) is 45.1 Å². The molecule has 0 aromatic rings. The molecule has 112 valence electrons. The Kier molecular flexibility index (Phi) is 6.11. The van der Waals surface area contributed by atoms with Crippen LogP contribution in [-0.2, 0) is 4.74 Å². The lowest BCUT2D eigenvalue weighted by Gasteiger charge is -2.42. The van der Waals surface area contributed by atoms with Crippen LogP contribution in [0, 0.1) is 11.8 Å². The largest absolute Gasteiger partial charge is 0.381 e. The highest BCUT2D eigenvalue weighted by Crippen LogP contribution is 2.30. The fourth-order valence-corrected chi connectivity index (χ4v) is 3.88. The molecule has 0 bridgehead atoms. The van der Waals surface area contributed by atoms with Crippen LogP contribution in [0.4, 0.5) is 0 Å². The van der Waals surface area contributed by atoms with Crippen molar-refractivity contribution in [3.05, 3.63) is 0 Å². The van der Waals surface area contributed by atoms with Gasteiger partial charge >= 0.3 is 0 Å². The fraction of sp³-hybridized carbons (Fsp3) is 1.00. The molecule has 3 heteroatoms. The van der Waals surface area contributed by atoms with Crippen molar-refractivity contribution in [2.45, 2.75) is 64.5 Å². The van der Waals surface area contributed by atoms with Gasteiger partial charge < -0.3 is 10.5 Å². The molecule has 19 heavy (non-hydrogen) atoms. The molecule has 0 aromatic carbocycles. The molecular formula is C16H32N2O. The molecule has 3 nitrogen and oxygen atoms in total. The minimum atomic E-state index is 0.533. The Bertz CT molecular complexity index is 245. The third kappa shape index (κ3) is 4.17. The van der Waals surface area contributed by atoms with Crippen molar-refractivity contribution in [3.63, 3.8) is 0 Å². The average Bonchev–Trinajstić information content (AvgIpc) is 2.93. The van der Waals surface area contributed by atoms with Crippen molar-refractivity contribution in [1.82, 2.24) is 4.90 Å². The van der Waals surface area contributed by atoms with Gasteiger partial charge in [-0.2, -0.15) is 0 Å². The van der Waals surface area contributed by atoms with Gasteiger partial charge in [0.2, 0.25) is 0 Å². The summed E-state index contributed by atoms with van der Waals surface area (Å²) in [4.78, 5) is 2.75. The topological polar surface area (TPSA) is 38.5 Å². The maximum absolute atomic E-state index is 6.15. The van der Waals surface area contributed by atoms with E-state index in [0.29, 0.717) is 12.0 Å². The summed E-state index contributed by atoms with van der Waals surface area (Å²) < 4.78 is 5.70. The van der Waals surface area contributed by atoms with Gasteiger partial charge in [0.1, 0.15) is 0 Å². The van der Waals surface area contributed by atoms with E-state index in [1.807, 2.05) is 0 Å². The van der Waals surface area contributed by atoms with Gasteiger partial charge in [0, 0.05) is 31.8 Å². The molecule has 1 saturated heterocycles. The van der Waals surface area contributed by atoms with Crippen LogP contribution in [0.15, 0.2) is 0 Å². The van der Waals surface area contributed by atoms with Crippen molar-refractivity contribution in [2.75, 3.05) is 26.3 Å². The van der Waals surface area contributed by atoms with E-state index in [0.717, 1.165) is 31.7 Å². The zero-order valence-electron chi connectivity index (χ0n) is 12.8. The van der Waals surface area contributed by atoms with E-state index >= 15 is 0 Å². The van der Waals surface area contributed by atoms with Gasteiger partial charge in [-0.15, -0.1) is 0 Å². The molecule has 0 spiro atoms. The first kappa shape index (κ1) is 15.3. The minimum absolute atomic E-state index is 0.533. The highest BCUT2D eigenvalue weighted by atomic mass is 16.5. The lowest BCUT2D eigenvalue weighted by atomic mass is 9.90. The minimum Gasteiger partial charge on any atom is -0.381 e. The summed E-state index contributed by atoms with van der Waals surface area (Å²) in [5.74, 6) is 1.37. The number of nitrogens with zero attached hydrogens (tertiary/aromatic N) is 1. The van der Waals surface area contributed by atoms with Gasteiger partial charge in [-0.3, -0.25) is 4.90 Å². The molecule has 0 radical (unpaired) electrons. The first-order valence-electron chi connectivity index (χ1n) is 8.26. The molecule has 2 N–H and O–H groups in total. The molecule has 1 heterocycles. The van der Waals surface area contributed by atoms with Crippen LogP contribution in [-0.4, -0.2) is 43.3 Å². The van der Waals surface area contributed by atoms with Crippen LogP contribution in [0.2, 0.25) is 0 Å². The molecule has 1 aliphatic carbocycles. The van der Waals surface area contributed by atoms with E-state index in [9.17, 15) is 0 Å². The van der Waals surface area contributed by atoms with Gasteiger partial charge in [0.25, 0.3) is 0 Å². The second-order valence-corrected chi connectivity index (χ2v) is 6.81. The monoisotopic (exact) mass is 268 g/mol. The smallest absolute Gasteiger partial charge is 0.0509 e. The van der Waals surface area contributed by atoms with Crippen LogP contribution in [0.1, 0.15) is 52.4 Å². The Morgan fingerprint density at radius 2 is 1.89 bits per heavy atom. The molecule has 1 saturated carbocycles. The van der Waals surface area contributed by atoms with Gasteiger partial charge in [-0.25, -0.2) is 0 Å². The molecule has 2 aliphatic rings. The number of nitrogens with two attached hydrogens (primary N) is 1. The summed E-state index contributed by atoms with van der Waals surface area (Å²) >= 11 is 0. The zero-order chi connectivity index (χ0) is 13.7. The number of hydrogen-bond acceptors (Lipinski definition) is 3. The summed E-state index contributed by atoms with van der Waals surface area (Å²) in [5.41, 5.74) is 6.15. The quantitative estimate of drug-likeness (QED) is 0.805. The summed E-state index contributed by atoms with van der Waals surface area (Å²) in [6, 6.07) is 1.31. The molecular weight excluding hydrogens is 236 g/mol. The van der Waals surface area contributed by atoms with Crippen molar-refractivity contribution in [3.8, 4) is 0 Å². The van der Waals surface area contributed by atoms with Crippen LogP contribution in [0.25, 0.3) is 0 Å². The third-order valence-electron chi connectivity index (χ3n) is 4.78. The van der Waals surface area contributed by atoms with Crippen molar-refractivity contribution >= 4 is 0 Å². The Hall–Kier alpha value is -0.120. The summed E-state index contributed by atoms with van der Waals surface area (Å²) in [6.07, 6.45) is 8.05. The SMILES string of the molecule is CC(C)CN(C1CCCC1)C(CN)C1CCCOC1. The molecule has 2 atom stereocenters. The van der Waals surface area contributed by atoms with Gasteiger partial charge in [-0.05, 0) is 37.5 Å². The lowest BCUT2D eigenvalue weighted by Crippen LogP contribution is -2.52. The Balaban J connectivity index is 2.03. The number of rotatable bonds is 6. The van der Waals surface area contributed by atoms with Crippen LogP contribution >= 0.6 is 0 Å². The standard InChI is InChI=1S/C16H32N2O/c1-13(2)11-18(15-7-3-4-8-15)16(10-17)14-6-5-9-19-12-14/h13-16H,3-12,17H2,1-2H3. The van der Waals surface area contributed by atoms with E-state index < -0.39 is 0 Å². The van der Waals surface area contributed by atoms with Crippen LogP contribution in [0.3, 0.4) is 0 Å². The van der Waals surface area contributed by atoms with Crippen molar-refractivity contribution in [1.29, 1.82) is 0 Å². The van der Waals surface area contributed by atoms with Gasteiger partial charge in [-0.1, -0.05) is 26.7 Å². The number of ether oxygens (including phenoxy) is 1. The molecule has 0 amide bonds. The van der Waals surface area contributed by atoms with E-state index in [1.54, 1.807) is 0 Å². The first-order chi connectivity index (χ1) is 9.22. The normalized spacial score (nSPS) is 27.3. The van der Waals surface area contributed by atoms with E-state index in [2.05, 4.69) is 18.7 Å². The molecule has 2 rings (SSSR count). The number of hydrogen-bond donors (Lipinski definition) is 1. The average molecular weight is 268 g/mol. The molecule has 0 aromatic heterocycles. The van der Waals surface area contributed by atoms with Crippen molar-refractivity contribution in [2.24, 2.45) is 17.6 Å². The predicted octanol–water partition coefficient (Wildman–Crippen LogP) is 2.64. The van der Waals surface area contributed by atoms with Crippen molar-refractivity contribution < 1.29 is 4.74 Å². The van der Waals surface area contributed by atoms with Crippen LogP contribution < -0.4 is 5.73 Å².